The van der Waals surface area contributed by atoms with Crippen LogP contribution in [-0.2, 0) is 11.3 Å². The average Bonchev–Trinajstić information content (AvgIpc) is 3.45. The first kappa shape index (κ1) is 20.8. The maximum absolute atomic E-state index is 12.8. The SMILES string of the molecule is COc1ccc(-c2ccccc2)c2nc(NC(=O)c3ccc(CN4CCCC4=O)cc3)[nH]c12. The van der Waals surface area contributed by atoms with Crippen molar-refractivity contribution in [1.82, 2.24) is 14.9 Å². The summed E-state index contributed by atoms with van der Waals surface area (Å²) in [5.74, 6) is 0.923. The number of aromatic amines is 1. The van der Waals surface area contributed by atoms with Gasteiger partial charge in [0.2, 0.25) is 11.9 Å². The molecule has 1 aliphatic rings. The summed E-state index contributed by atoms with van der Waals surface area (Å²) in [5, 5.41) is 2.85. The molecule has 0 radical (unpaired) electrons. The monoisotopic (exact) mass is 440 g/mol. The van der Waals surface area contributed by atoms with Crippen LogP contribution in [0.2, 0.25) is 0 Å². The Kier molecular flexibility index (Phi) is 5.52. The van der Waals surface area contributed by atoms with Gasteiger partial charge in [0.1, 0.15) is 16.8 Å². The van der Waals surface area contributed by atoms with Crippen LogP contribution in [0.1, 0.15) is 28.8 Å². The number of rotatable bonds is 6. The Balaban J connectivity index is 1.37. The van der Waals surface area contributed by atoms with Crippen LogP contribution >= 0.6 is 0 Å². The summed E-state index contributed by atoms with van der Waals surface area (Å²) in [4.78, 5) is 34.3. The molecule has 3 aromatic carbocycles. The van der Waals surface area contributed by atoms with Gasteiger partial charge in [0.15, 0.2) is 0 Å². The minimum absolute atomic E-state index is 0.187. The highest BCUT2D eigenvalue weighted by molar-refractivity contribution is 6.05. The summed E-state index contributed by atoms with van der Waals surface area (Å²) in [7, 11) is 1.60. The van der Waals surface area contributed by atoms with Gasteiger partial charge in [-0.25, -0.2) is 4.98 Å². The fraction of sp³-hybridized carbons (Fsp3) is 0.192. The number of hydrogen-bond donors (Lipinski definition) is 2. The van der Waals surface area contributed by atoms with Gasteiger partial charge >= 0.3 is 0 Å². The number of carbonyl (C=O) groups excluding carboxylic acids is 2. The van der Waals surface area contributed by atoms with Crippen LogP contribution in [0.25, 0.3) is 22.2 Å². The quantitative estimate of drug-likeness (QED) is 0.458. The lowest BCUT2D eigenvalue weighted by molar-refractivity contribution is -0.128. The maximum atomic E-state index is 12.8. The van der Waals surface area contributed by atoms with Gasteiger partial charge in [-0.3, -0.25) is 14.9 Å². The lowest BCUT2D eigenvalue weighted by Crippen LogP contribution is -2.23. The highest BCUT2D eigenvalue weighted by Crippen LogP contribution is 2.34. The molecule has 7 nitrogen and oxygen atoms in total. The molecule has 0 bridgehead atoms. The van der Waals surface area contributed by atoms with Crippen molar-refractivity contribution in [3.05, 3.63) is 77.9 Å². The van der Waals surface area contributed by atoms with Crippen molar-refractivity contribution in [2.24, 2.45) is 0 Å². The largest absolute Gasteiger partial charge is 0.494 e. The second-order valence-corrected chi connectivity index (χ2v) is 8.06. The van der Waals surface area contributed by atoms with E-state index in [9.17, 15) is 9.59 Å². The highest BCUT2D eigenvalue weighted by atomic mass is 16.5. The zero-order chi connectivity index (χ0) is 22.8. The van der Waals surface area contributed by atoms with Gasteiger partial charge in [-0.15, -0.1) is 0 Å². The van der Waals surface area contributed by atoms with Crippen molar-refractivity contribution in [3.8, 4) is 16.9 Å². The number of fused-ring (bicyclic) bond motifs is 1. The van der Waals surface area contributed by atoms with Crippen molar-refractivity contribution in [2.45, 2.75) is 19.4 Å². The lowest BCUT2D eigenvalue weighted by atomic mass is 10.0. The molecule has 0 aliphatic carbocycles. The molecule has 0 spiro atoms. The van der Waals surface area contributed by atoms with Gasteiger partial charge < -0.3 is 14.6 Å². The molecule has 166 valence electrons. The number of hydrogen-bond acceptors (Lipinski definition) is 4. The number of benzene rings is 3. The number of ether oxygens (including phenoxy) is 1. The molecule has 1 fully saturated rings. The molecule has 1 saturated heterocycles. The zero-order valence-electron chi connectivity index (χ0n) is 18.3. The van der Waals surface area contributed by atoms with Crippen molar-refractivity contribution in [1.29, 1.82) is 0 Å². The molecule has 4 aromatic rings. The van der Waals surface area contributed by atoms with Gasteiger partial charge in [0.05, 0.1) is 7.11 Å². The third-order valence-electron chi connectivity index (χ3n) is 5.90. The maximum Gasteiger partial charge on any atom is 0.257 e. The second-order valence-electron chi connectivity index (χ2n) is 8.06. The topological polar surface area (TPSA) is 87.3 Å². The summed E-state index contributed by atoms with van der Waals surface area (Å²) >= 11 is 0. The number of H-pyrrole nitrogens is 1. The summed E-state index contributed by atoms with van der Waals surface area (Å²) in [5.41, 5.74) is 4.94. The predicted molar refractivity (Wildman–Crippen MR) is 127 cm³/mol. The minimum atomic E-state index is -0.266. The van der Waals surface area contributed by atoms with Crippen molar-refractivity contribution >= 4 is 28.8 Å². The average molecular weight is 441 g/mol. The first-order chi connectivity index (χ1) is 16.1. The Labute approximate surface area is 191 Å². The van der Waals surface area contributed by atoms with Gasteiger partial charge in [-0.05, 0) is 41.8 Å². The van der Waals surface area contributed by atoms with Crippen LogP contribution in [0, 0.1) is 0 Å². The molecule has 1 aromatic heterocycles. The molecule has 33 heavy (non-hydrogen) atoms. The number of imidazole rings is 1. The van der Waals surface area contributed by atoms with Crippen LogP contribution < -0.4 is 10.1 Å². The second kappa shape index (κ2) is 8.78. The van der Waals surface area contributed by atoms with Gasteiger partial charge in [0.25, 0.3) is 5.91 Å². The first-order valence-corrected chi connectivity index (χ1v) is 10.9. The molecular weight excluding hydrogens is 416 g/mol. The number of anilines is 1. The Bertz CT molecular complexity index is 1310. The predicted octanol–water partition coefficient (Wildman–Crippen LogP) is 4.61. The van der Waals surface area contributed by atoms with E-state index >= 15 is 0 Å². The van der Waals surface area contributed by atoms with E-state index in [1.807, 2.05) is 59.5 Å². The van der Waals surface area contributed by atoms with Crippen molar-refractivity contribution in [3.63, 3.8) is 0 Å². The molecule has 2 amide bonds. The number of aromatic nitrogens is 2. The molecule has 1 aliphatic heterocycles. The van der Waals surface area contributed by atoms with Crippen LogP contribution in [0.4, 0.5) is 5.95 Å². The lowest BCUT2D eigenvalue weighted by Gasteiger charge is -2.15. The van der Waals surface area contributed by atoms with E-state index in [4.69, 9.17) is 4.74 Å². The first-order valence-electron chi connectivity index (χ1n) is 10.9. The fourth-order valence-electron chi connectivity index (χ4n) is 4.18. The van der Waals surface area contributed by atoms with Crippen LogP contribution in [0.5, 0.6) is 5.75 Å². The van der Waals surface area contributed by atoms with Crippen LogP contribution in [0.15, 0.2) is 66.7 Å². The molecule has 2 N–H and O–H groups in total. The third-order valence-corrected chi connectivity index (χ3v) is 5.90. The Morgan fingerprint density at radius 3 is 2.58 bits per heavy atom. The van der Waals surface area contributed by atoms with E-state index < -0.39 is 0 Å². The summed E-state index contributed by atoms with van der Waals surface area (Å²) in [6.07, 6.45) is 1.53. The van der Waals surface area contributed by atoms with Crippen LogP contribution in [-0.4, -0.2) is 40.3 Å². The molecular formula is C26H24N4O3. The van der Waals surface area contributed by atoms with Crippen molar-refractivity contribution < 1.29 is 14.3 Å². The van der Waals surface area contributed by atoms with Crippen molar-refractivity contribution in [2.75, 3.05) is 19.0 Å². The highest BCUT2D eigenvalue weighted by Gasteiger charge is 2.20. The van der Waals surface area contributed by atoms with E-state index in [0.717, 1.165) is 40.7 Å². The Morgan fingerprint density at radius 2 is 1.88 bits per heavy atom. The number of carbonyl (C=O) groups is 2. The molecule has 7 heteroatoms. The molecule has 2 heterocycles. The molecule has 0 saturated carbocycles. The summed E-state index contributed by atoms with van der Waals surface area (Å²) in [6, 6.07) is 21.1. The normalized spacial score (nSPS) is 13.5. The molecule has 5 rings (SSSR count). The number of methoxy groups -OCH3 is 1. The standard InChI is InChI=1S/C26H24N4O3/c1-33-21-14-13-20(18-6-3-2-4-7-18)23-24(21)28-26(27-23)29-25(32)19-11-9-17(10-12-19)16-30-15-5-8-22(30)31/h2-4,6-7,9-14H,5,8,15-16H2,1H3,(H2,27,28,29,32). The molecule has 0 atom stereocenters. The van der Waals surface area contributed by atoms with E-state index in [-0.39, 0.29) is 11.8 Å². The third kappa shape index (κ3) is 4.17. The zero-order valence-corrected chi connectivity index (χ0v) is 18.3. The number of likely N-dealkylation sites (tertiary alicyclic amines) is 1. The van der Waals surface area contributed by atoms with E-state index in [1.54, 1.807) is 19.2 Å². The fourth-order valence-corrected chi connectivity index (χ4v) is 4.18. The Hall–Kier alpha value is -4.13. The van der Waals surface area contributed by atoms with Gasteiger partial charge in [0, 0.05) is 30.6 Å². The minimum Gasteiger partial charge on any atom is -0.494 e. The Morgan fingerprint density at radius 1 is 1.09 bits per heavy atom. The smallest absolute Gasteiger partial charge is 0.257 e. The number of nitrogens with zero attached hydrogens (tertiary/aromatic N) is 2. The van der Waals surface area contributed by atoms with Gasteiger partial charge in [-0.1, -0.05) is 42.5 Å². The van der Waals surface area contributed by atoms with E-state index in [1.165, 1.54) is 0 Å². The molecule has 0 unspecified atom stereocenters. The van der Waals surface area contributed by atoms with E-state index in [2.05, 4.69) is 15.3 Å². The van der Waals surface area contributed by atoms with E-state index in [0.29, 0.717) is 30.2 Å². The van der Waals surface area contributed by atoms with Crippen LogP contribution in [0.3, 0.4) is 0 Å². The number of amides is 2. The number of nitrogens with one attached hydrogen (secondary N) is 2. The van der Waals surface area contributed by atoms with Gasteiger partial charge in [-0.2, -0.15) is 0 Å². The summed E-state index contributed by atoms with van der Waals surface area (Å²) < 4.78 is 5.48. The summed E-state index contributed by atoms with van der Waals surface area (Å²) in [6.45, 7) is 1.37.